The van der Waals surface area contributed by atoms with Crippen molar-refractivity contribution in [3.8, 4) is 11.5 Å². The number of phenolic OH excluding ortho intramolecular Hbond substituents is 1. The van der Waals surface area contributed by atoms with Crippen LogP contribution in [0.15, 0.2) is 18.2 Å². The minimum atomic E-state index is -0.584. The molecule has 0 bridgehead atoms. The van der Waals surface area contributed by atoms with Crippen LogP contribution in [0.1, 0.15) is 0 Å². The molecule has 1 N–H and O–H groups in total. The first-order valence-electron chi connectivity index (χ1n) is 3.16. The van der Waals surface area contributed by atoms with Gasteiger partial charge in [0.2, 0.25) is 0 Å². The molecule has 13 heavy (non-hydrogen) atoms. The molecular weight excluding hydrogens is 201 g/mol. The van der Waals surface area contributed by atoms with Crippen molar-refractivity contribution >= 4 is 57.1 Å². The van der Waals surface area contributed by atoms with Crippen LogP contribution in [0.25, 0.3) is 0 Å². The summed E-state index contributed by atoms with van der Waals surface area (Å²) in [5, 5.41) is 19.3. The molecule has 1 rings (SSSR count). The van der Waals surface area contributed by atoms with Gasteiger partial charge < -0.3 is 9.84 Å². The van der Waals surface area contributed by atoms with Crippen LogP contribution in [-0.2, 0) is 0 Å². The average molecular weight is 208 g/mol. The number of rotatable bonds is 2. The Hall–Kier alpha value is -0.144. The van der Waals surface area contributed by atoms with Gasteiger partial charge in [0, 0.05) is 57.5 Å². The predicted octanol–water partition coefficient (Wildman–Crippen LogP) is 0.928. The Bertz CT molecular complexity index is 315. The zero-order chi connectivity index (χ0) is 9.14. The molecule has 0 unspecified atom stereocenters. The predicted molar refractivity (Wildman–Crippen MR) is 47.1 cm³/mol. The van der Waals surface area contributed by atoms with Gasteiger partial charge >= 0.3 is 0 Å². The fraction of sp³-hybridized carbons (Fsp3) is 0.143. The monoisotopic (exact) mass is 208 g/mol. The third kappa shape index (κ3) is 3.24. The molecule has 0 fully saturated rings. The fourth-order valence-electron chi connectivity index (χ4n) is 0.792. The third-order valence-corrected chi connectivity index (χ3v) is 1.37. The number of benzene rings is 1. The van der Waals surface area contributed by atoms with E-state index in [2.05, 4.69) is 0 Å². The smallest absolute Gasteiger partial charge is 0.273 e. The molecule has 0 aliphatic carbocycles. The summed E-state index contributed by atoms with van der Waals surface area (Å²) >= 11 is 0. The Kier molecular flexibility index (Phi) is 5.50. The molecule has 0 saturated carbocycles. The van der Waals surface area contributed by atoms with Crippen molar-refractivity contribution in [1.29, 1.82) is 0 Å². The van der Waals surface area contributed by atoms with Gasteiger partial charge in [-0.05, 0) is 6.07 Å². The first-order valence-corrected chi connectivity index (χ1v) is 3.16. The Morgan fingerprint density at radius 3 is 2.54 bits per heavy atom. The molecule has 0 atom stereocenters. The zero-order valence-electron chi connectivity index (χ0n) is 7.35. The molecule has 1 aromatic rings. The molecule has 65 valence electrons. The van der Waals surface area contributed by atoms with Gasteiger partial charge in [0.15, 0.2) is 11.5 Å². The van der Waals surface area contributed by atoms with E-state index in [1.165, 1.54) is 19.2 Å². The molecular formula is C7H7KNO4. The van der Waals surface area contributed by atoms with Crippen LogP contribution in [0.2, 0.25) is 0 Å². The SMILES string of the molecule is COc1ccc([N+](=O)[O-])cc1O.[K]. The Labute approximate surface area is 117 Å². The molecule has 0 spiro atoms. The van der Waals surface area contributed by atoms with Gasteiger partial charge in [0.05, 0.1) is 18.1 Å². The topological polar surface area (TPSA) is 72.6 Å². The Morgan fingerprint density at radius 2 is 2.15 bits per heavy atom. The van der Waals surface area contributed by atoms with Gasteiger partial charge in [0.25, 0.3) is 5.69 Å². The van der Waals surface area contributed by atoms with Crippen molar-refractivity contribution in [3.63, 3.8) is 0 Å². The van der Waals surface area contributed by atoms with E-state index < -0.39 is 4.92 Å². The molecule has 0 aliphatic heterocycles. The normalized spacial score (nSPS) is 8.69. The largest absolute Gasteiger partial charge is 0.504 e. The van der Waals surface area contributed by atoms with Crippen LogP contribution in [-0.4, -0.2) is 68.5 Å². The van der Waals surface area contributed by atoms with E-state index >= 15 is 0 Å². The molecule has 0 aliphatic rings. The number of methoxy groups -OCH3 is 1. The second kappa shape index (κ2) is 5.56. The molecule has 6 heteroatoms. The zero-order valence-corrected chi connectivity index (χ0v) is 10.5. The van der Waals surface area contributed by atoms with E-state index in [-0.39, 0.29) is 68.6 Å². The first-order chi connectivity index (χ1) is 5.65. The maximum atomic E-state index is 10.2. The maximum absolute atomic E-state index is 10.2. The molecule has 0 amide bonds. The molecule has 1 radical (unpaired) electrons. The van der Waals surface area contributed by atoms with Crippen LogP contribution in [0.3, 0.4) is 0 Å². The number of non-ortho nitro benzene ring substituents is 1. The summed E-state index contributed by atoms with van der Waals surface area (Å²) < 4.78 is 4.71. The van der Waals surface area contributed by atoms with Gasteiger partial charge in [0.1, 0.15) is 0 Å². The quantitative estimate of drug-likeness (QED) is 0.445. The summed E-state index contributed by atoms with van der Waals surface area (Å²) in [5.74, 6) is -0.00713. The summed E-state index contributed by atoms with van der Waals surface area (Å²) in [4.78, 5) is 9.62. The summed E-state index contributed by atoms with van der Waals surface area (Å²) in [7, 11) is 1.38. The van der Waals surface area contributed by atoms with Crippen LogP contribution in [0.4, 0.5) is 5.69 Å². The summed E-state index contributed by atoms with van der Waals surface area (Å²) in [6, 6.07) is 3.64. The van der Waals surface area contributed by atoms with Crippen molar-refractivity contribution in [1.82, 2.24) is 0 Å². The average Bonchev–Trinajstić information content (AvgIpc) is 2.04. The number of aromatic hydroxyl groups is 1. The minimum Gasteiger partial charge on any atom is -0.504 e. The van der Waals surface area contributed by atoms with Gasteiger partial charge in [-0.1, -0.05) is 0 Å². The van der Waals surface area contributed by atoms with E-state index in [4.69, 9.17) is 9.84 Å². The second-order valence-electron chi connectivity index (χ2n) is 2.11. The van der Waals surface area contributed by atoms with Gasteiger partial charge in [-0.25, -0.2) is 0 Å². The third-order valence-electron chi connectivity index (χ3n) is 1.37. The second-order valence-corrected chi connectivity index (χ2v) is 2.11. The van der Waals surface area contributed by atoms with Crippen molar-refractivity contribution in [3.05, 3.63) is 28.3 Å². The number of nitro benzene ring substituents is 1. The number of hydrogen-bond donors (Lipinski definition) is 1. The van der Waals surface area contributed by atoms with Gasteiger partial charge in [-0.15, -0.1) is 0 Å². The van der Waals surface area contributed by atoms with Crippen LogP contribution >= 0.6 is 0 Å². The standard InChI is InChI=1S/C7H7NO4.K/c1-12-7-3-2-5(8(10)11)4-6(7)9;/h2-4,9H,1H3;. The van der Waals surface area contributed by atoms with Crippen LogP contribution in [0.5, 0.6) is 11.5 Å². The van der Waals surface area contributed by atoms with E-state index in [0.29, 0.717) is 0 Å². The number of nitrogens with zero attached hydrogens (tertiary/aromatic N) is 1. The fourth-order valence-corrected chi connectivity index (χ4v) is 0.792. The van der Waals surface area contributed by atoms with Gasteiger partial charge in [-0.2, -0.15) is 0 Å². The number of phenols is 1. The molecule has 5 nitrogen and oxygen atoms in total. The maximum Gasteiger partial charge on any atom is 0.273 e. The molecule has 1 aromatic carbocycles. The summed E-state index contributed by atoms with van der Waals surface area (Å²) in [6.45, 7) is 0. The summed E-state index contributed by atoms with van der Waals surface area (Å²) in [5.41, 5.74) is -0.159. The Balaban J connectivity index is 0.00000144. The van der Waals surface area contributed by atoms with E-state index in [1.54, 1.807) is 0 Å². The van der Waals surface area contributed by atoms with E-state index in [0.717, 1.165) is 6.07 Å². The number of nitro groups is 1. The van der Waals surface area contributed by atoms with E-state index in [9.17, 15) is 10.1 Å². The van der Waals surface area contributed by atoms with Crippen LogP contribution < -0.4 is 4.74 Å². The minimum absolute atomic E-state index is 0. The van der Waals surface area contributed by atoms with Crippen LogP contribution in [0, 0.1) is 10.1 Å². The molecule has 0 saturated heterocycles. The first kappa shape index (κ1) is 12.9. The van der Waals surface area contributed by atoms with Crippen molar-refractivity contribution in [2.45, 2.75) is 0 Å². The van der Waals surface area contributed by atoms with Gasteiger partial charge in [-0.3, -0.25) is 10.1 Å². The molecule has 0 aromatic heterocycles. The molecule has 0 heterocycles. The Morgan fingerprint density at radius 1 is 1.54 bits per heavy atom. The number of hydrogen-bond acceptors (Lipinski definition) is 4. The van der Waals surface area contributed by atoms with Crippen molar-refractivity contribution < 1.29 is 14.8 Å². The van der Waals surface area contributed by atoms with E-state index in [1.807, 2.05) is 0 Å². The number of ether oxygens (including phenoxy) is 1. The van der Waals surface area contributed by atoms with Crippen molar-refractivity contribution in [2.75, 3.05) is 7.11 Å². The van der Waals surface area contributed by atoms with Crippen molar-refractivity contribution in [2.24, 2.45) is 0 Å². The summed E-state index contributed by atoms with van der Waals surface area (Å²) in [6.07, 6.45) is 0.